The summed E-state index contributed by atoms with van der Waals surface area (Å²) in [7, 11) is -0.462. The lowest BCUT2D eigenvalue weighted by atomic mass is 10.1. The number of hydrogen-bond acceptors (Lipinski definition) is 7. The average molecular weight is 379 g/mol. The summed E-state index contributed by atoms with van der Waals surface area (Å²) in [4.78, 5) is 23.2. The van der Waals surface area contributed by atoms with E-state index in [1.165, 1.54) is 38.5 Å². The van der Waals surface area contributed by atoms with E-state index in [2.05, 4.69) is 14.2 Å². The van der Waals surface area contributed by atoms with Crippen molar-refractivity contribution in [3.8, 4) is 5.75 Å². The molecular weight excluding hydrogens is 362 g/mol. The van der Waals surface area contributed by atoms with Gasteiger partial charge in [0.15, 0.2) is 0 Å². The molecule has 2 aromatic carbocycles. The van der Waals surface area contributed by atoms with Gasteiger partial charge in [0.25, 0.3) is 10.0 Å². The van der Waals surface area contributed by atoms with Gasteiger partial charge in [-0.2, -0.15) is 0 Å². The van der Waals surface area contributed by atoms with E-state index in [0.717, 1.165) is 13.2 Å². The molecule has 2 aromatic rings. The van der Waals surface area contributed by atoms with Crippen LogP contribution in [0.15, 0.2) is 47.4 Å². The molecule has 0 spiro atoms. The summed E-state index contributed by atoms with van der Waals surface area (Å²) in [5.74, 6) is -1.15. The van der Waals surface area contributed by atoms with Crippen molar-refractivity contribution in [2.45, 2.75) is 4.90 Å². The third kappa shape index (κ3) is 4.12. The molecule has 26 heavy (non-hydrogen) atoms. The van der Waals surface area contributed by atoms with Crippen molar-refractivity contribution in [3.05, 3.63) is 53.6 Å². The number of benzene rings is 2. The largest absolute Gasteiger partial charge is 0.497 e. The Kier molecular flexibility index (Phi) is 5.83. The van der Waals surface area contributed by atoms with Gasteiger partial charge in [0.05, 0.1) is 38.1 Å². The summed E-state index contributed by atoms with van der Waals surface area (Å²) in [5, 5.41) is 0. The summed E-state index contributed by atoms with van der Waals surface area (Å²) < 4.78 is 42.2. The van der Waals surface area contributed by atoms with Crippen molar-refractivity contribution in [2.24, 2.45) is 0 Å². The second-order valence-electron chi connectivity index (χ2n) is 5.03. The molecule has 138 valence electrons. The number of anilines is 1. The molecule has 0 bridgehead atoms. The zero-order valence-corrected chi connectivity index (χ0v) is 15.1. The number of esters is 2. The number of hydrogen-bond donors (Lipinski definition) is 1. The van der Waals surface area contributed by atoms with Gasteiger partial charge in [-0.15, -0.1) is 0 Å². The number of methoxy groups -OCH3 is 3. The molecule has 1 N–H and O–H groups in total. The first-order chi connectivity index (χ1) is 12.3. The van der Waals surface area contributed by atoms with Crippen LogP contribution in [0.2, 0.25) is 0 Å². The zero-order chi connectivity index (χ0) is 19.3. The van der Waals surface area contributed by atoms with Crippen molar-refractivity contribution in [1.29, 1.82) is 0 Å². The van der Waals surface area contributed by atoms with Crippen LogP contribution >= 0.6 is 0 Å². The first kappa shape index (κ1) is 19.3. The summed E-state index contributed by atoms with van der Waals surface area (Å²) >= 11 is 0. The molecule has 8 nitrogen and oxygen atoms in total. The first-order valence-corrected chi connectivity index (χ1v) is 8.78. The predicted molar refractivity (Wildman–Crippen MR) is 92.9 cm³/mol. The second kappa shape index (κ2) is 7.87. The molecule has 0 saturated carbocycles. The molecule has 0 heterocycles. The highest BCUT2D eigenvalue weighted by Crippen LogP contribution is 2.24. The number of rotatable bonds is 6. The van der Waals surface area contributed by atoms with Gasteiger partial charge in [0, 0.05) is 6.07 Å². The number of carbonyl (C=O) groups is 2. The normalized spacial score (nSPS) is 10.7. The third-order valence-electron chi connectivity index (χ3n) is 3.42. The maximum Gasteiger partial charge on any atom is 0.339 e. The van der Waals surface area contributed by atoms with Crippen molar-refractivity contribution in [1.82, 2.24) is 0 Å². The fourth-order valence-electron chi connectivity index (χ4n) is 2.16. The van der Waals surface area contributed by atoms with Gasteiger partial charge in [-0.1, -0.05) is 6.07 Å². The number of nitrogens with one attached hydrogen (secondary N) is 1. The van der Waals surface area contributed by atoms with Gasteiger partial charge in [-0.05, 0) is 30.3 Å². The number of sulfonamides is 1. The summed E-state index contributed by atoms with van der Waals surface area (Å²) in [6.45, 7) is 0. The highest BCUT2D eigenvalue weighted by atomic mass is 32.2. The minimum absolute atomic E-state index is 0.0221. The van der Waals surface area contributed by atoms with E-state index in [1.54, 1.807) is 12.1 Å². The molecule has 0 radical (unpaired) electrons. The van der Waals surface area contributed by atoms with E-state index in [-0.39, 0.29) is 16.8 Å². The Morgan fingerprint density at radius 1 is 0.923 bits per heavy atom. The van der Waals surface area contributed by atoms with E-state index >= 15 is 0 Å². The van der Waals surface area contributed by atoms with Gasteiger partial charge in [0.1, 0.15) is 10.6 Å². The molecule has 0 fully saturated rings. The Bertz CT molecular complexity index is 938. The van der Waals surface area contributed by atoms with Crippen LogP contribution in [0.4, 0.5) is 5.69 Å². The molecule has 0 aliphatic carbocycles. The number of ether oxygens (including phenoxy) is 3. The monoisotopic (exact) mass is 379 g/mol. The fraction of sp³-hybridized carbons (Fsp3) is 0.176. The van der Waals surface area contributed by atoms with Crippen LogP contribution in [0, 0.1) is 0 Å². The van der Waals surface area contributed by atoms with E-state index < -0.39 is 26.9 Å². The van der Waals surface area contributed by atoms with E-state index in [1.807, 2.05) is 0 Å². The Hall–Kier alpha value is -3.07. The lowest BCUT2D eigenvalue weighted by Crippen LogP contribution is -2.18. The fourth-order valence-corrected chi connectivity index (χ4v) is 3.44. The quantitative estimate of drug-likeness (QED) is 0.766. The predicted octanol–water partition coefficient (Wildman–Crippen LogP) is 2.07. The van der Waals surface area contributed by atoms with Crippen molar-refractivity contribution in [3.63, 3.8) is 0 Å². The van der Waals surface area contributed by atoms with Crippen LogP contribution in [0.25, 0.3) is 0 Å². The molecule has 0 aliphatic rings. The van der Waals surface area contributed by atoms with Crippen molar-refractivity contribution in [2.75, 3.05) is 26.1 Å². The smallest absolute Gasteiger partial charge is 0.339 e. The minimum Gasteiger partial charge on any atom is -0.497 e. The average Bonchev–Trinajstić information content (AvgIpc) is 2.66. The van der Waals surface area contributed by atoms with Gasteiger partial charge < -0.3 is 14.2 Å². The molecule has 0 aliphatic heterocycles. The highest BCUT2D eigenvalue weighted by molar-refractivity contribution is 7.92. The van der Waals surface area contributed by atoms with Gasteiger partial charge in [-0.25, -0.2) is 18.0 Å². The van der Waals surface area contributed by atoms with Crippen molar-refractivity contribution >= 4 is 27.6 Å². The van der Waals surface area contributed by atoms with Gasteiger partial charge in [-0.3, -0.25) is 4.72 Å². The lowest BCUT2D eigenvalue weighted by Gasteiger charge is -2.13. The minimum atomic E-state index is -4.20. The summed E-state index contributed by atoms with van der Waals surface area (Å²) in [6.07, 6.45) is 0. The zero-order valence-electron chi connectivity index (χ0n) is 14.3. The first-order valence-electron chi connectivity index (χ1n) is 7.30. The molecule has 0 atom stereocenters. The molecule has 9 heteroatoms. The highest BCUT2D eigenvalue weighted by Gasteiger charge is 2.25. The molecule has 2 rings (SSSR count). The van der Waals surface area contributed by atoms with Crippen LogP contribution in [0.1, 0.15) is 20.7 Å². The maximum absolute atomic E-state index is 12.8. The molecular formula is C17H17NO7S. The standard InChI is InChI=1S/C17H17NO7S/c1-23-13-6-4-5-12(10-13)18-26(21,22)15-9-11(16(19)24-2)7-8-14(15)17(20)25-3/h4-10,18H,1-3H3. The Balaban J connectivity index is 2.54. The Morgan fingerprint density at radius 2 is 1.62 bits per heavy atom. The topological polar surface area (TPSA) is 108 Å². The van der Waals surface area contributed by atoms with Crippen LogP contribution < -0.4 is 9.46 Å². The van der Waals surface area contributed by atoms with Crippen LogP contribution in [-0.4, -0.2) is 41.7 Å². The van der Waals surface area contributed by atoms with Gasteiger partial charge >= 0.3 is 11.9 Å². The maximum atomic E-state index is 12.8. The molecule has 0 amide bonds. The van der Waals surface area contributed by atoms with Crippen molar-refractivity contribution < 1.29 is 32.2 Å². The van der Waals surface area contributed by atoms with Crippen LogP contribution in [0.3, 0.4) is 0 Å². The SMILES string of the molecule is COC(=O)c1ccc(C(=O)OC)c(S(=O)(=O)Nc2cccc(OC)c2)c1. The van der Waals surface area contributed by atoms with Crippen LogP contribution in [0.5, 0.6) is 5.75 Å². The third-order valence-corrected chi connectivity index (χ3v) is 4.84. The van der Waals surface area contributed by atoms with E-state index in [4.69, 9.17) is 4.74 Å². The number of carbonyl (C=O) groups excluding carboxylic acids is 2. The van der Waals surface area contributed by atoms with E-state index in [9.17, 15) is 18.0 Å². The summed E-state index contributed by atoms with van der Waals surface area (Å²) in [5.41, 5.74) is -0.00893. The summed E-state index contributed by atoms with van der Waals surface area (Å²) in [6, 6.07) is 9.77. The van der Waals surface area contributed by atoms with Crippen LogP contribution in [-0.2, 0) is 19.5 Å². The van der Waals surface area contributed by atoms with Gasteiger partial charge in [0.2, 0.25) is 0 Å². The lowest BCUT2D eigenvalue weighted by molar-refractivity contribution is 0.0583. The second-order valence-corrected chi connectivity index (χ2v) is 6.68. The molecule has 0 unspecified atom stereocenters. The van der Waals surface area contributed by atoms with E-state index in [0.29, 0.717) is 5.75 Å². The molecule has 0 saturated heterocycles. The Labute approximate surface area is 150 Å². The molecule has 0 aromatic heterocycles. The Morgan fingerprint density at radius 3 is 2.23 bits per heavy atom.